The molecule has 0 spiro atoms. The van der Waals surface area contributed by atoms with Crippen LogP contribution < -0.4 is 5.32 Å². The molecule has 1 saturated heterocycles. The normalized spacial score (nSPS) is 17.8. The van der Waals surface area contributed by atoms with Gasteiger partial charge in [0.1, 0.15) is 5.54 Å². The Hall–Kier alpha value is -4.44. The van der Waals surface area contributed by atoms with Crippen LogP contribution in [0.5, 0.6) is 0 Å². The Bertz CT molecular complexity index is 1510. The molecule has 1 fully saturated rings. The van der Waals surface area contributed by atoms with E-state index in [4.69, 9.17) is 5.26 Å². The lowest BCUT2D eigenvalue weighted by atomic mass is 9.90. The minimum absolute atomic E-state index is 0.309. The number of para-hydroxylation sites is 1. The van der Waals surface area contributed by atoms with Crippen molar-refractivity contribution in [3.05, 3.63) is 84.1 Å². The molecule has 0 aliphatic carbocycles. The largest absolute Gasteiger partial charge is 0.346 e. The van der Waals surface area contributed by atoms with Gasteiger partial charge in [-0.15, -0.1) is 0 Å². The molecule has 2 heterocycles. The molecule has 1 aromatic heterocycles. The monoisotopic (exact) mass is 450 g/mol. The number of amides is 3. The molecule has 1 aliphatic heterocycles. The van der Waals surface area contributed by atoms with Crippen molar-refractivity contribution in [3.63, 3.8) is 0 Å². The summed E-state index contributed by atoms with van der Waals surface area (Å²) in [4.78, 5) is 40.5. The van der Waals surface area contributed by atoms with Crippen molar-refractivity contribution in [2.75, 3.05) is 6.54 Å². The topological polar surface area (TPSA) is 95.2 Å². The summed E-state index contributed by atoms with van der Waals surface area (Å²) in [6.07, 6.45) is 2.01. The van der Waals surface area contributed by atoms with Crippen molar-refractivity contribution < 1.29 is 14.4 Å². The molecule has 168 valence electrons. The average Bonchev–Trinajstić information content (AvgIpc) is 3.33. The van der Waals surface area contributed by atoms with E-state index in [1.165, 1.54) is 0 Å². The maximum Gasteiger partial charge on any atom is 0.325 e. The zero-order chi connectivity index (χ0) is 23.9. The number of benzene rings is 3. The number of nitrogens with zero attached hydrogens (tertiary/aromatic N) is 3. The maximum atomic E-state index is 13.4. The fourth-order valence-corrected chi connectivity index (χ4v) is 4.59. The number of nitrogens with one attached hydrogen (secondary N) is 1. The zero-order valence-electron chi connectivity index (χ0n) is 18.6. The number of rotatable bonds is 6. The third-order valence-corrected chi connectivity index (χ3v) is 6.46. The van der Waals surface area contributed by atoms with Gasteiger partial charge in [0.25, 0.3) is 5.91 Å². The highest BCUT2D eigenvalue weighted by atomic mass is 16.2. The van der Waals surface area contributed by atoms with E-state index in [0.29, 0.717) is 24.1 Å². The minimum Gasteiger partial charge on any atom is -0.346 e. The number of hydrogen-bond acceptors (Lipinski definition) is 4. The second-order valence-electron chi connectivity index (χ2n) is 8.59. The van der Waals surface area contributed by atoms with E-state index in [1.807, 2.05) is 71.3 Å². The maximum absolute atomic E-state index is 13.4. The van der Waals surface area contributed by atoms with Gasteiger partial charge < -0.3 is 9.88 Å². The number of Topliss-reactive ketones (excluding diaryl/α,β-unsaturated/α-hetero) is 1. The van der Waals surface area contributed by atoms with E-state index < -0.39 is 17.5 Å². The predicted octanol–water partition coefficient (Wildman–Crippen LogP) is 4.36. The number of imide groups is 1. The second kappa shape index (κ2) is 8.16. The van der Waals surface area contributed by atoms with Crippen LogP contribution in [0, 0.1) is 11.3 Å². The lowest BCUT2D eigenvalue weighted by Crippen LogP contribution is -2.41. The summed E-state index contributed by atoms with van der Waals surface area (Å²) in [7, 11) is 0. The number of ketones is 1. The second-order valence-corrected chi connectivity index (χ2v) is 8.59. The molecule has 4 aromatic rings. The molecule has 0 saturated carbocycles. The minimum atomic E-state index is -1.26. The molecule has 0 bridgehead atoms. The quantitative estimate of drug-likeness (QED) is 0.349. The number of fused-ring (bicyclic) bond motifs is 2. The number of carbonyl (C=O) groups excluding carboxylic acids is 3. The Labute approximate surface area is 196 Å². The highest BCUT2D eigenvalue weighted by molar-refractivity contribution is 6.14. The number of aromatic nitrogens is 1. The molecule has 7 nitrogen and oxygen atoms in total. The van der Waals surface area contributed by atoms with Gasteiger partial charge in [-0.05, 0) is 35.4 Å². The SMILES string of the molecule is C[C@@]1(c2ccc3ccccc3c2)NC(=O)N(CC(=O)c2cn(CCC#N)c3ccccc23)C1=O. The van der Waals surface area contributed by atoms with Gasteiger partial charge in [0.2, 0.25) is 0 Å². The Balaban J connectivity index is 1.44. The van der Waals surface area contributed by atoms with E-state index in [0.717, 1.165) is 26.6 Å². The Morgan fingerprint density at radius 2 is 1.76 bits per heavy atom. The van der Waals surface area contributed by atoms with Gasteiger partial charge in [0.05, 0.1) is 19.0 Å². The van der Waals surface area contributed by atoms with Gasteiger partial charge in [-0.25, -0.2) is 4.79 Å². The summed E-state index contributed by atoms with van der Waals surface area (Å²) in [5, 5.41) is 14.5. The van der Waals surface area contributed by atoms with Crippen molar-refractivity contribution >= 4 is 39.4 Å². The third-order valence-electron chi connectivity index (χ3n) is 6.46. The van der Waals surface area contributed by atoms with Crippen molar-refractivity contribution in [3.8, 4) is 6.07 Å². The molecule has 3 amide bonds. The zero-order valence-corrected chi connectivity index (χ0v) is 18.6. The molecular weight excluding hydrogens is 428 g/mol. The molecule has 34 heavy (non-hydrogen) atoms. The van der Waals surface area contributed by atoms with Gasteiger partial charge in [0, 0.05) is 29.2 Å². The lowest BCUT2D eigenvalue weighted by Gasteiger charge is -2.22. The van der Waals surface area contributed by atoms with E-state index >= 15 is 0 Å². The number of carbonyl (C=O) groups is 3. The molecule has 3 aromatic carbocycles. The molecule has 1 atom stereocenters. The standard InChI is InChI=1S/C27H22N4O3/c1-27(20-12-11-18-7-2-3-8-19(18)15-20)25(33)31(26(34)29-27)17-24(32)22-16-30(14-6-13-28)23-10-5-4-9-21(22)23/h2-5,7-12,15-16H,6,14,17H2,1H3,(H,29,34)/t27-/m0/s1. The number of hydrogen-bond donors (Lipinski definition) is 1. The first kappa shape index (κ1) is 21.4. The van der Waals surface area contributed by atoms with Crippen LogP contribution in [0.4, 0.5) is 4.79 Å². The average molecular weight is 450 g/mol. The van der Waals surface area contributed by atoms with Gasteiger partial charge in [-0.3, -0.25) is 14.5 Å². The van der Waals surface area contributed by atoms with Crippen LogP contribution in [0.3, 0.4) is 0 Å². The van der Waals surface area contributed by atoms with Gasteiger partial charge in [-0.2, -0.15) is 5.26 Å². The van der Waals surface area contributed by atoms with Crippen LogP contribution in [-0.2, 0) is 16.9 Å². The van der Waals surface area contributed by atoms with Crippen molar-refractivity contribution in [2.24, 2.45) is 0 Å². The van der Waals surface area contributed by atoms with Crippen LogP contribution in [0.2, 0.25) is 0 Å². The Morgan fingerprint density at radius 1 is 1.03 bits per heavy atom. The summed E-state index contributed by atoms with van der Waals surface area (Å²) in [5.74, 6) is -0.799. The molecule has 0 unspecified atom stereocenters. The summed E-state index contributed by atoms with van der Waals surface area (Å²) in [5.41, 5.74) is 0.655. The van der Waals surface area contributed by atoms with Crippen molar-refractivity contribution in [2.45, 2.75) is 25.4 Å². The first-order valence-electron chi connectivity index (χ1n) is 11.0. The van der Waals surface area contributed by atoms with Crippen LogP contribution in [-0.4, -0.2) is 33.7 Å². The van der Waals surface area contributed by atoms with Crippen molar-refractivity contribution in [1.82, 2.24) is 14.8 Å². The summed E-state index contributed by atoms with van der Waals surface area (Å²) < 4.78 is 1.86. The first-order valence-corrected chi connectivity index (χ1v) is 11.0. The predicted molar refractivity (Wildman–Crippen MR) is 128 cm³/mol. The summed E-state index contributed by atoms with van der Waals surface area (Å²) in [6, 6.07) is 22.4. The summed E-state index contributed by atoms with van der Waals surface area (Å²) in [6.45, 7) is 1.75. The molecule has 1 N–H and O–H groups in total. The smallest absolute Gasteiger partial charge is 0.325 e. The van der Waals surface area contributed by atoms with E-state index in [1.54, 1.807) is 13.1 Å². The molecular formula is C27H22N4O3. The first-order chi connectivity index (χ1) is 16.4. The van der Waals surface area contributed by atoms with Gasteiger partial charge >= 0.3 is 6.03 Å². The third kappa shape index (κ3) is 3.41. The van der Waals surface area contributed by atoms with Crippen molar-refractivity contribution in [1.29, 1.82) is 5.26 Å². The number of aryl methyl sites for hydroxylation is 1. The van der Waals surface area contributed by atoms with Crippen LogP contribution in [0.1, 0.15) is 29.3 Å². The Morgan fingerprint density at radius 3 is 2.56 bits per heavy atom. The highest BCUT2D eigenvalue weighted by Crippen LogP contribution is 2.31. The number of nitriles is 1. The lowest BCUT2D eigenvalue weighted by molar-refractivity contribution is -0.130. The van der Waals surface area contributed by atoms with E-state index in [9.17, 15) is 14.4 Å². The van der Waals surface area contributed by atoms with E-state index in [2.05, 4.69) is 11.4 Å². The molecule has 1 aliphatic rings. The van der Waals surface area contributed by atoms with Crippen LogP contribution in [0.25, 0.3) is 21.7 Å². The number of urea groups is 1. The summed E-state index contributed by atoms with van der Waals surface area (Å²) >= 11 is 0. The van der Waals surface area contributed by atoms with Gasteiger partial charge in [0.15, 0.2) is 5.78 Å². The van der Waals surface area contributed by atoms with Gasteiger partial charge in [-0.1, -0.05) is 54.6 Å². The molecule has 7 heteroatoms. The van der Waals surface area contributed by atoms with Crippen LogP contribution in [0.15, 0.2) is 72.9 Å². The fraction of sp³-hybridized carbons (Fsp3) is 0.185. The highest BCUT2D eigenvalue weighted by Gasteiger charge is 2.49. The fourth-order valence-electron chi connectivity index (χ4n) is 4.59. The van der Waals surface area contributed by atoms with Crippen LogP contribution >= 0.6 is 0 Å². The van der Waals surface area contributed by atoms with E-state index in [-0.39, 0.29) is 12.3 Å². The molecule has 0 radical (unpaired) electrons. The molecule has 5 rings (SSSR count). The Kier molecular flexibility index (Phi) is 5.14.